The van der Waals surface area contributed by atoms with E-state index < -0.39 is 5.60 Å². The molecular weight excluding hydrogens is 538 g/mol. The van der Waals surface area contributed by atoms with Crippen LogP contribution >= 0.6 is 0 Å². The van der Waals surface area contributed by atoms with Crippen molar-refractivity contribution in [2.45, 2.75) is 38.2 Å². The molecule has 43 heavy (non-hydrogen) atoms. The fourth-order valence-corrected chi connectivity index (χ4v) is 6.05. The Morgan fingerprint density at radius 2 is 1.47 bits per heavy atom. The van der Waals surface area contributed by atoms with E-state index in [1.807, 2.05) is 60.7 Å². The molecule has 0 saturated carbocycles. The van der Waals surface area contributed by atoms with Crippen LogP contribution in [0.5, 0.6) is 23.0 Å². The normalized spacial score (nSPS) is 12.7. The third-order valence-electron chi connectivity index (χ3n) is 8.00. The van der Waals surface area contributed by atoms with E-state index in [0.717, 1.165) is 46.4 Å². The highest BCUT2D eigenvalue weighted by Gasteiger charge is 2.43. The van der Waals surface area contributed by atoms with Gasteiger partial charge in [-0.3, -0.25) is 0 Å². The van der Waals surface area contributed by atoms with E-state index in [1.54, 1.807) is 31.4 Å². The molecule has 0 aliphatic heterocycles. The molecule has 0 fully saturated rings. The third-order valence-corrected chi connectivity index (χ3v) is 8.00. The number of rotatable bonds is 10. The number of hydrogen-bond acceptors (Lipinski definition) is 7. The van der Waals surface area contributed by atoms with Crippen molar-refractivity contribution in [3.8, 4) is 34.3 Å². The number of fused-ring (bicyclic) bond motifs is 2. The lowest BCUT2D eigenvalue weighted by molar-refractivity contribution is 0.0939. The minimum atomic E-state index is -1.20. The van der Waals surface area contributed by atoms with Crippen molar-refractivity contribution in [3.63, 3.8) is 0 Å². The zero-order chi connectivity index (χ0) is 29.8. The second-order valence-electron chi connectivity index (χ2n) is 10.6. The third kappa shape index (κ3) is 5.18. The summed E-state index contributed by atoms with van der Waals surface area (Å²) in [5.41, 5.74) is 1.28. The van der Waals surface area contributed by atoms with Gasteiger partial charge in [0.1, 0.15) is 23.0 Å². The van der Waals surface area contributed by atoms with Crippen molar-refractivity contribution < 1.29 is 19.7 Å². The molecule has 7 heteroatoms. The number of hydrogen-bond donors (Lipinski definition) is 2. The van der Waals surface area contributed by atoms with Crippen molar-refractivity contribution in [2.75, 3.05) is 7.11 Å². The first kappa shape index (κ1) is 28.0. The largest absolute Gasteiger partial charge is 0.507 e. The molecule has 0 aliphatic carbocycles. The molecule has 0 spiro atoms. The van der Waals surface area contributed by atoms with Gasteiger partial charge in [0.05, 0.1) is 24.6 Å². The van der Waals surface area contributed by atoms with Crippen LogP contribution in [0.15, 0.2) is 103 Å². The number of aromatic nitrogens is 3. The van der Waals surface area contributed by atoms with Crippen LogP contribution in [0.2, 0.25) is 0 Å². The second-order valence-corrected chi connectivity index (χ2v) is 10.6. The molecule has 0 aliphatic rings. The second kappa shape index (κ2) is 12.0. The summed E-state index contributed by atoms with van der Waals surface area (Å²) in [6.07, 6.45) is 4.87. The summed E-state index contributed by atoms with van der Waals surface area (Å²) in [6, 6.07) is 30.6. The molecule has 0 bridgehead atoms. The number of phenols is 2. The van der Waals surface area contributed by atoms with E-state index >= 15 is 0 Å². The Labute approximate surface area is 250 Å². The number of nitrogens with zero attached hydrogens (tertiary/aromatic N) is 3. The smallest absolute Gasteiger partial charge is 0.167 e. The SMILES string of the molecule is CCCCCC(Oc1ccc(-c2ccnnn2)c(O)c1)(c1c(O)ccc2ccccc12)c1c(OC)ccc2ccccc12. The van der Waals surface area contributed by atoms with Gasteiger partial charge in [-0.25, -0.2) is 0 Å². The van der Waals surface area contributed by atoms with Crippen LogP contribution in [-0.2, 0) is 5.60 Å². The lowest BCUT2D eigenvalue weighted by Gasteiger charge is -2.38. The van der Waals surface area contributed by atoms with Gasteiger partial charge in [0.25, 0.3) is 0 Å². The van der Waals surface area contributed by atoms with Crippen molar-refractivity contribution in [3.05, 3.63) is 114 Å². The van der Waals surface area contributed by atoms with Crippen LogP contribution in [0.3, 0.4) is 0 Å². The zero-order valence-corrected chi connectivity index (χ0v) is 24.2. The first-order valence-electron chi connectivity index (χ1n) is 14.5. The quantitative estimate of drug-likeness (QED) is 0.160. The average Bonchev–Trinajstić information content (AvgIpc) is 3.04. The summed E-state index contributed by atoms with van der Waals surface area (Å²) in [6.45, 7) is 2.16. The van der Waals surface area contributed by atoms with Gasteiger partial charge in [-0.1, -0.05) is 80.4 Å². The highest BCUT2D eigenvalue weighted by atomic mass is 16.5. The molecule has 1 atom stereocenters. The summed E-state index contributed by atoms with van der Waals surface area (Å²) < 4.78 is 13.2. The van der Waals surface area contributed by atoms with E-state index in [2.05, 4.69) is 34.5 Å². The molecule has 0 radical (unpaired) electrons. The van der Waals surface area contributed by atoms with Gasteiger partial charge in [0, 0.05) is 17.2 Å². The van der Waals surface area contributed by atoms with Crippen LogP contribution in [0.4, 0.5) is 0 Å². The Hall–Kier alpha value is -5.17. The minimum absolute atomic E-state index is 0.00696. The van der Waals surface area contributed by atoms with E-state index in [9.17, 15) is 10.2 Å². The summed E-state index contributed by atoms with van der Waals surface area (Å²) in [4.78, 5) is 0. The van der Waals surface area contributed by atoms with Gasteiger partial charge in [0.2, 0.25) is 0 Å². The van der Waals surface area contributed by atoms with Crippen LogP contribution < -0.4 is 9.47 Å². The number of aromatic hydroxyl groups is 2. The van der Waals surface area contributed by atoms with E-state index in [-0.39, 0.29) is 11.5 Å². The molecule has 5 aromatic carbocycles. The van der Waals surface area contributed by atoms with Crippen molar-refractivity contribution >= 4 is 21.5 Å². The van der Waals surface area contributed by atoms with Gasteiger partial charge in [-0.05, 0) is 69.9 Å². The molecule has 1 unspecified atom stereocenters. The monoisotopic (exact) mass is 571 g/mol. The Balaban J connectivity index is 1.67. The topological polar surface area (TPSA) is 97.6 Å². The Kier molecular flexibility index (Phi) is 7.79. The molecule has 6 aromatic rings. The molecule has 1 aromatic heterocycles. The van der Waals surface area contributed by atoms with Gasteiger partial charge in [0.15, 0.2) is 5.60 Å². The molecule has 1 heterocycles. The maximum Gasteiger partial charge on any atom is 0.167 e. The Morgan fingerprint density at radius 3 is 2.14 bits per heavy atom. The van der Waals surface area contributed by atoms with E-state index in [0.29, 0.717) is 34.7 Å². The standard InChI is InChI=1S/C36H33N3O4/c1-3-4-9-21-36(34-27-12-7-5-10-24(27)14-18-31(34)40,35-28-13-8-6-11-25(28)15-19-33(35)42-2)43-26-16-17-29(32(41)23-26)30-20-22-37-39-38-30/h5-8,10-20,22-23,40-41H,3-4,9,21H2,1-2H3. The Bertz CT molecular complexity index is 1890. The lowest BCUT2D eigenvalue weighted by atomic mass is 9.76. The number of methoxy groups -OCH3 is 1. The molecule has 0 amide bonds. The predicted octanol–water partition coefficient (Wildman–Crippen LogP) is 8.17. The van der Waals surface area contributed by atoms with Crippen LogP contribution in [0.1, 0.15) is 43.7 Å². The van der Waals surface area contributed by atoms with E-state index in [4.69, 9.17) is 9.47 Å². The van der Waals surface area contributed by atoms with E-state index in [1.165, 1.54) is 6.20 Å². The molecular formula is C36H33N3O4. The summed E-state index contributed by atoms with van der Waals surface area (Å²) >= 11 is 0. The molecule has 6 rings (SSSR count). The first-order chi connectivity index (χ1) is 21.1. The van der Waals surface area contributed by atoms with Gasteiger partial charge in [-0.2, -0.15) is 0 Å². The van der Waals surface area contributed by atoms with Crippen LogP contribution in [-0.4, -0.2) is 32.7 Å². The Morgan fingerprint density at radius 1 is 0.744 bits per heavy atom. The molecule has 2 N–H and O–H groups in total. The van der Waals surface area contributed by atoms with Crippen LogP contribution in [0.25, 0.3) is 32.8 Å². The molecule has 216 valence electrons. The fourth-order valence-electron chi connectivity index (χ4n) is 6.05. The zero-order valence-electron chi connectivity index (χ0n) is 24.2. The summed E-state index contributed by atoms with van der Waals surface area (Å²) in [5.74, 6) is 1.20. The van der Waals surface area contributed by atoms with Crippen molar-refractivity contribution in [2.24, 2.45) is 0 Å². The maximum atomic E-state index is 11.7. The van der Waals surface area contributed by atoms with Gasteiger partial charge >= 0.3 is 0 Å². The first-order valence-corrected chi connectivity index (χ1v) is 14.5. The average molecular weight is 572 g/mol. The molecule has 7 nitrogen and oxygen atoms in total. The fraction of sp³-hybridized carbons (Fsp3) is 0.194. The number of ether oxygens (including phenoxy) is 2. The maximum absolute atomic E-state index is 11.7. The lowest BCUT2D eigenvalue weighted by Crippen LogP contribution is -2.36. The number of phenolic OH excluding ortho intramolecular Hbond substituents is 2. The molecule has 0 saturated heterocycles. The number of unbranched alkanes of at least 4 members (excludes halogenated alkanes) is 2. The van der Waals surface area contributed by atoms with Gasteiger partial charge < -0.3 is 19.7 Å². The number of benzene rings is 5. The van der Waals surface area contributed by atoms with Crippen LogP contribution in [0, 0.1) is 0 Å². The van der Waals surface area contributed by atoms with Crippen molar-refractivity contribution in [1.82, 2.24) is 15.4 Å². The predicted molar refractivity (Wildman–Crippen MR) is 169 cm³/mol. The van der Waals surface area contributed by atoms with Crippen molar-refractivity contribution in [1.29, 1.82) is 0 Å². The summed E-state index contributed by atoms with van der Waals surface area (Å²) in [7, 11) is 1.66. The highest BCUT2D eigenvalue weighted by Crippen LogP contribution is 2.51. The highest BCUT2D eigenvalue weighted by molar-refractivity contribution is 5.93. The summed E-state index contributed by atoms with van der Waals surface area (Å²) in [5, 5.41) is 38.2. The van der Waals surface area contributed by atoms with Gasteiger partial charge in [-0.15, -0.1) is 10.2 Å². The minimum Gasteiger partial charge on any atom is -0.507 e.